The minimum absolute atomic E-state index is 0.263. The number of aromatic nitrogens is 2. The number of nitrogens with zero attached hydrogens (tertiary/aromatic N) is 3. The second-order valence-electron chi connectivity index (χ2n) is 8.07. The highest BCUT2D eigenvalue weighted by Gasteiger charge is 2.44. The van der Waals surface area contributed by atoms with Crippen LogP contribution in [-0.2, 0) is 18.4 Å². The molecule has 0 bridgehead atoms. The van der Waals surface area contributed by atoms with E-state index in [1.807, 2.05) is 61.6 Å². The summed E-state index contributed by atoms with van der Waals surface area (Å²) in [4.78, 5) is 25.9. The zero-order valence-electron chi connectivity index (χ0n) is 17.0. The molecular weight excluding hydrogens is 380 g/mol. The lowest BCUT2D eigenvalue weighted by molar-refractivity contribution is -0.158. The molecule has 7 nitrogen and oxygen atoms in total. The van der Waals surface area contributed by atoms with Gasteiger partial charge in [0.1, 0.15) is 0 Å². The molecule has 30 heavy (non-hydrogen) atoms. The summed E-state index contributed by atoms with van der Waals surface area (Å²) in [5.41, 5.74) is 3.35. The van der Waals surface area contributed by atoms with Crippen molar-refractivity contribution in [2.24, 2.45) is 12.5 Å². The van der Waals surface area contributed by atoms with Gasteiger partial charge in [-0.25, -0.2) is 0 Å². The summed E-state index contributed by atoms with van der Waals surface area (Å²) in [5.74, 6) is -1.01. The number of carboxylic acids is 1. The van der Waals surface area contributed by atoms with E-state index in [1.54, 1.807) is 17.7 Å². The van der Waals surface area contributed by atoms with E-state index in [9.17, 15) is 14.7 Å². The van der Waals surface area contributed by atoms with Crippen molar-refractivity contribution in [3.8, 4) is 11.3 Å². The van der Waals surface area contributed by atoms with E-state index in [0.29, 0.717) is 31.0 Å². The Balaban J connectivity index is 1.37. The van der Waals surface area contributed by atoms with Gasteiger partial charge in [0.25, 0.3) is 5.91 Å². The molecule has 0 radical (unpaired) electrons. The molecule has 0 aliphatic carbocycles. The number of anilines is 1. The van der Waals surface area contributed by atoms with E-state index in [2.05, 4.69) is 15.3 Å². The molecule has 1 aliphatic heterocycles. The smallest absolute Gasteiger partial charge is 0.311 e. The standard InChI is InChI=1S/C23H24N4O3/c1-23(22(29)30)14-27(15-23)13-16-8-10-18(11-9-16)24-21(28)19-12-20(26(2)25-19)17-6-4-3-5-7-17/h3-12H,13-15H2,1-2H3,(H,24,28)(H,29,30). The van der Waals surface area contributed by atoms with Crippen molar-refractivity contribution < 1.29 is 14.7 Å². The third-order valence-corrected chi connectivity index (χ3v) is 5.46. The van der Waals surface area contributed by atoms with E-state index in [1.165, 1.54) is 0 Å². The highest BCUT2D eigenvalue weighted by molar-refractivity contribution is 6.03. The van der Waals surface area contributed by atoms with Crippen LogP contribution in [-0.4, -0.2) is 44.8 Å². The van der Waals surface area contributed by atoms with Gasteiger partial charge in [-0.2, -0.15) is 5.10 Å². The van der Waals surface area contributed by atoms with Crippen LogP contribution in [0.1, 0.15) is 23.0 Å². The Hall–Kier alpha value is -3.45. The minimum Gasteiger partial charge on any atom is -0.481 e. The zero-order valence-corrected chi connectivity index (χ0v) is 17.0. The number of rotatable bonds is 6. The van der Waals surface area contributed by atoms with Crippen LogP contribution in [0.2, 0.25) is 0 Å². The number of hydrogen-bond donors (Lipinski definition) is 2. The summed E-state index contributed by atoms with van der Waals surface area (Å²) in [7, 11) is 1.82. The lowest BCUT2D eigenvalue weighted by Crippen LogP contribution is -2.58. The summed E-state index contributed by atoms with van der Waals surface area (Å²) in [6, 6.07) is 19.2. The number of carbonyl (C=O) groups is 2. The number of aliphatic carboxylic acids is 1. The highest BCUT2D eigenvalue weighted by atomic mass is 16.4. The van der Waals surface area contributed by atoms with Gasteiger partial charge in [-0.15, -0.1) is 0 Å². The molecule has 1 fully saturated rings. The van der Waals surface area contributed by atoms with Crippen LogP contribution >= 0.6 is 0 Å². The largest absolute Gasteiger partial charge is 0.481 e. The van der Waals surface area contributed by atoms with Crippen LogP contribution in [0.25, 0.3) is 11.3 Å². The molecule has 2 aromatic carbocycles. The first kappa shape index (κ1) is 19.8. The Morgan fingerprint density at radius 1 is 1.10 bits per heavy atom. The van der Waals surface area contributed by atoms with Gasteiger partial charge in [0, 0.05) is 32.4 Å². The lowest BCUT2D eigenvalue weighted by Gasteiger charge is -2.45. The number of carbonyl (C=O) groups excluding carboxylic acids is 1. The average molecular weight is 404 g/mol. The second kappa shape index (κ2) is 7.76. The molecule has 0 atom stereocenters. The quantitative estimate of drug-likeness (QED) is 0.659. The van der Waals surface area contributed by atoms with Crippen LogP contribution in [0.15, 0.2) is 60.7 Å². The topological polar surface area (TPSA) is 87.5 Å². The second-order valence-corrected chi connectivity index (χ2v) is 8.07. The molecule has 1 aromatic heterocycles. The molecule has 0 unspecified atom stereocenters. The maximum atomic E-state index is 12.6. The van der Waals surface area contributed by atoms with Gasteiger partial charge >= 0.3 is 5.97 Å². The van der Waals surface area contributed by atoms with E-state index in [-0.39, 0.29) is 5.91 Å². The average Bonchev–Trinajstić information content (AvgIpc) is 3.10. The molecule has 3 aromatic rings. The summed E-state index contributed by atoms with van der Waals surface area (Å²) >= 11 is 0. The molecule has 0 spiro atoms. The molecule has 1 saturated heterocycles. The van der Waals surface area contributed by atoms with Crippen LogP contribution in [0.4, 0.5) is 5.69 Å². The normalized spacial score (nSPS) is 15.4. The Kier molecular flexibility index (Phi) is 5.13. The van der Waals surface area contributed by atoms with Gasteiger partial charge < -0.3 is 10.4 Å². The maximum absolute atomic E-state index is 12.6. The van der Waals surface area contributed by atoms with Crippen molar-refractivity contribution in [2.75, 3.05) is 18.4 Å². The van der Waals surface area contributed by atoms with Crippen LogP contribution < -0.4 is 5.32 Å². The number of hydrogen-bond acceptors (Lipinski definition) is 4. The third-order valence-electron chi connectivity index (χ3n) is 5.46. The molecule has 7 heteroatoms. The SMILES string of the molecule is Cn1nc(C(=O)Nc2ccc(CN3CC(C)(C(=O)O)C3)cc2)cc1-c1ccccc1. The van der Waals surface area contributed by atoms with Crippen molar-refractivity contribution in [1.29, 1.82) is 0 Å². The number of nitrogens with one attached hydrogen (secondary N) is 1. The molecule has 4 rings (SSSR count). The number of likely N-dealkylation sites (tertiary alicyclic amines) is 1. The van der Waals surface area contributed by atoms with Crippen LogP contribution in [0.3, 0.4) is 0 Å². The maximum Gasteiger partial charge on any atom is 0.311 e. The fraction of sp³-hybridized carbons (Fsp3) is 0.261. The molecular formula is C23H24N4O3. The highest BCUT2D eigenvalue weighted by Crippen LogP contribution is 2.31. The molecule has 1 aliphatic rings. The predicted molar refractivity (Wildman–Crippen MR) is 114 cm³/mol. The first-order valence-corrected chi connectivity index (χ1v) is 9.80. The number of benzene rings is 2. The van der Waals surface area contributed by atoms with Crippen molar-refractivity contribution in [3.05, 3.63) is 71.9 Å². The molecule has 2 N–H and O–H groups in total. The van der Waals surface area contributed by atoms with Gasteiger partial charge in [0.05, 0.1) is 11.1 Å². The van der Waals surface area contributed by atoms with Gasteiger partial charge in [0.15, 0.2) is 5.69 Å². The van der Waals surface area contributed by atoms with E-state index in [4.69, 9.17) is 0 Å². The number of amides is 1. The molecule has 2 heterocycles. The first-order valence-electron chi connectivity index (χ1n) is 9.80. The fourth-order valence-corrected chi connectivity index (χ4v) is 3.79. The van der Waals surface area contributed by atoms with Gasteiger partial charge in [-0.1, -0.05) is 42.5 Å². The lowest BCUT2D eigenvalue weighted by atomic mass is 9.82. The number of carboxylic acid groups (broad SMARTS) is 1. The third kappa shape index (κ3) is 3.97. The Morgan fingerprint density at radius 2 is 1.77 bits per heavy atom. The first-order chi connectivity index (χ1) is 14.3. The van der Waals surface area contributed by atoms with Gasteiger partial charge in [-0.3, -0.25) is 19.2 Å². The Morgan fingerprint density at radius 3 is 2.40 bits per heavy atom. The summed E-state index contributed by atoms with van der Waals surface area (Å²) < 4.78 is 1.70. The summed E-state index contributed by atoms with van der Waals surface area (Å²) in [5, 5.41) is 16.4. The van der Waals surface area contributed by atoms with E-state index in [0.717, 1.165) is 16.8 Å². The van der Waals surface area contributed by atoms with Crippen molar-refractivity contribution in [1.82, 2.24) is 14.7 Å². The predicted octanol–water partition coefficient (Wildman–Crippen LogP) is 3.25. The molecule has 0 saturated carbocycles. The van der Waals surface area contributed by atoms with Crippen molar-refractivity contribution in [2.45, 2.75) is 13.5 Å². The number of aryl methyl sites for hydroxylation is 1. The fourth-order valence-electron chi connectivity index (χ4n) is 3.79. The minimum atomic E-state index is -0.748. The Bertz CT molecular complexity index is 1070. The molecule has 1 amide bonds. The van der Waals surface area contributed by atoms with Crippen molar-refractivity contribution in [3.63, 3.8) is 0 Å². The monoisotopic (exact) mass is 404 g/mol. The van der Waals surface area contributed by atoms with Crippen LogP contribution in [0, 0.1) is 5.41 Å². The zero-order chi connectivity index (χ0) is 21.3. The Labute approximate surface area is 174 Å². The van der Waals surface area contributed by atoms with Gasteiger partial charge in [0.2, 0.25) is 0 Å². The van der Waals surface area contributed by atoms with Crippen molar-refractivity contribution >= 4 is 17.6 Å². The van der Waals surface area contributed by atoms with Crippen LogP contribution in [0.5, 0.6) is 0 Å². The summed E-state index contributed by atoms with van der Waals surface area (Å²) in [6.07, 6.45) is 0. The van der Waals surface area contributed by atoms with E-state index >= 15 is 0 Å². The van der Waals surface area contributed by atoms with E-state index < -0.39 is 11.4 Å². The summed E-state index contributed by atoms with van der Waals surface area (Å²) in [6.45, 7) is 3.55. The molecule has 154 valence electrons. The van der Waals surface area contributed by atoms with Gasteiger partial charge in [-0.05, 0) is 36.2 Å².